The second-order valence-corrected chi connectivity index (χ2v) is 3.27. The van der Waals surface area contributed by atoms with E-state index in [1.54, 1.807) is 0 Å². The Morgan fingerprint density at radius 2 is 2.07 bits per heavy atom. The number of ether oxygens (including phenoxy) is 1. The Morgan fingerprint density at radius 1 is 1.40 bits per heavy atom. The molecule has 0 saturated carbocycles. The molecule has 0 atom stereocenters. The van der Waals surface area contributed by atoms with Crippen molar-refractivity contribution in [3.63, 3.8) is 0 Å². The van der Waals surface area contributed by atoms with E-state index in [1.807, 2.05) is 0 Å². The van der Waals surface area contributed by atoms with Gasteiger partial charge in [0.25, 0.3) is 0 Å². The van der Waals surface area contributed by atoms with Crippen LogP contribution in [-0.4, -0.2) is 12.9 Å². The quantitative estimate of drug-likeness (QED) is 0.769. The molecule has 0 fully saturated rings. The average molecular weight is 214 g/mol. The zero-order valence-corrected chi connectivity index (χ0v) is 8.64. The van der Waals surface area contributed by atoms with Crippen LogP contribution in [0.25, 0.3) is 0 Å². The average Bonchev–Trinajstić information content (AvgIpc) is 2.14. The van der Waals surface area contributed by atoms with Gasteiger partial charge in [0.2, 0.25) is 0 Å². The van der Waals surface area contributed by atoms with Gasteiger partial charge in [-0.15, -0.1) is 0 Å². The maximum atomic E-state index is 13.3. The third kappa shape index (κ3) is 3.01. The number of ketones is 1. The first kappa shape index (κ1) is 11.6. The molecule has 0 heterocycles. The lowest BCUT2D eigenvalue weighted by Gasteiger charge is -2.08. The van der Waals surface area contributed by atoms with Gasteiger partial charge in [0.1, 0.15) is 23.2 Å². The molecule has 0 aromatic heterocycles. The van der Waals surface area contributed by atoms with Crippen molar-refractivity contribution in [2.24, 2.45) is 0 Å². The second kappa shape index (κ2) is 4.87. The van der Waals surface area contributed by atoms with Crippen LogP contribution in [0.1, 0.15) is 18.9 Å². The summed E-state index contributed by atoms with van der Waals surface area (Å²) < 4.78 is 31.0. The van der Waals surface area contributed by atoms with Crippen molar-refractivity contribution in [2.45, 2.75) is 19.8 Å². The molecule has 0 aliphatic heterocycles. The molecule has 0 unspecified atom stereocenters. The molecule has 0 amide bonds. The topological polar surface area (TPSA) is 26.3 Å². The van der Waals surface area contributed by atoms with Crippen molar-refractivity contribution < 1.29 is 18.3 Å². The van der Waals surface area contributed by atoms with Gasteiger partial charge >= 0.3 is 0 Å². The van der Waals surface area contributed by atoms with Crippen molar-refractivity contribution >= 4 is 5.78 Å². The van der Waals surface area contributed by atoms with E-state index in [-0.39, 0.29) is 29.9 Å². The lowest BCUT2D eigenvalue weighted by atomic mass is 10.1. The van der Waals surface area contributed by atoms with Gasteiger partial charge < -0.3 is 9.53 Å². The van der Waals surface area contributed by atoms with Crippen molar-refractivity contribution in [2.75, 3.05) is 7.11 Å². The molecule has 2 nitrogen and oxygen atoms in total. The Hall–Kier alpha value is -1.45. The highest BCUT2D eigenvalue weighted by molar-refractivity contribution is 5.75. The highest BCUT2D eigenvalue weighted by Gasteiger charge is 2.12. The first-order chi connectivity index (χ1) is 7.04. The molecule has 82 valence electrons. The van der Waals surface area contributed by atoms with Gasteiger partial charge in [-0.2, -0.15) is 0 Å². The monoisotopic (exact) mass is 214 g/mol. The first-order valence-corrected chi connectivity index (χ1v) is 4.56. The number of halogens is 2. The van der Waals surface area contributed by atoms with Gasteiger partial charge in [-0.1, -0.05) is 0 Å². The van der Waals surface area contributed by atoms with Crippen LogP contribution in [0.4, 0.5) is 8.78 Å². The first-order valence-electron chi connectivity index (χ1n) is 4.56. The van der Waals surface area contributed by atoms with Crippen LogP contribution < -0.4 is 4.74 Å². The van der Waals surface area contributed by atoms with E-state index in [0.29, 0.717) is 0 Å². The van der Waals surface area contributed by atoms with E-state index in [2.05, 4.69) is 0 Å². The van der Waals surface area contributed by atoms with E-state index in [0.717, 1.165) is 12.1 Å². The van der Waals surface area contributed by atoms with Gasteiger partial charge in [-0.3, -0.25) is 0 Å². The Bertz CT molecular complexity index is 375. The molecule has 0 radical (unpaired) electrons. The van der Waals surface area contributed by atoms with E-state index in [9.17, 15) is 13.6 Å². The number of carbonyl (C=O) groups excluding carboxylic acids is 1. The normalized spacial score (nSPS) is 10.1. The number of hydrogen-bond donors (Lipinski definition) is 0. The molecule has 4 heteroatoms. The Morgan fingerprint density at radius 3 is 2.60 bits per heavy atom. The molecule has 0 bridgehead atoms. The predicted octanol–water partition coefficient (Wildman–Crippen LogP) is 2.50. The summed E-state index contributed by atoms with van der Waals surface area (Å²) in [6.07, 6.45) is 0.448. The summed E-state index contributed by atoms with van der Waals surface area (Å²) in [4.78, 5) is 10.8. The van der Waals surface area contributed by atoms with E-state index in [1.165, 1.54) is 14.0 Å². The standard InChI is InChI=1S/C11H12F2O2/c1-7(14)3-4-9-10(13)5-8(12)6-11(9)15-2/h5-6H,3-4H2,1-2H3. The third-order valence-corrected chi connectivity index (χ3v) is 2.07. The van der Waals surface area contributed by atoms with Gasteiger partial charge in [-0.25, -0.2) is 8.78 Å². The van der Waals surface area contributed by atoms with Crippen LogP contribution in [-0.2, 0) is 11.2 Å². The maximum absolute atomic E-state index is 13.3. The predicted molar refractivity (Wildman–Crippen MR) is 51.9 cm³/mol. The largest absolute Gasteiger partial charge is 0.496 e. The van der Waals surface area contributed by atoms with Crippen LogP contribution in [0.3, 0.4) is 0 Å². The SMILES string of the molecule is COc1cc(F)cc(F)c1CCC(C)=O. The summed E-state index contributed by atoms with van der Waals surface area (Å²) in [6.45, 7) is 1.42. The summed E-state index contributed by atoms with van der Waals surface area (Å²) in [6, 6.07) is 1.90. The molecular formula is C11H12F2O2. The lowest BCUT2D eigenvalue weighted by Crippen LogP contribution is -2.01. The summed E-state index contributed by atoms with van der Waals surface area (Å²) >= 11 is 0. The number of Topliss-reactive ketones (excluding diaryl/α,β-unsaturated/α-hetero) is 1. The number of rotatable bonds is 4. The van der Waals surface area contributed by atoms with Crippen LogP contribution in [0.15, 0.2) is 12.1 Å². The van der Waals surface area contributed by atoms with Gasteiger partial charge in [0, 0.05) is 24.1 Å². The summed E-state index contributed by atoms with van der Waals surface area (Å²) in [5.41, 5.74) is 0.245. The van der Waals surface area contributed by atoms with Crippen LogP contribution >= 0.6 is 0 Å². The smallest absolute Gasteiger partial charge is 0.133 e. The second-order valence-electron chi connectivity index (χ2n) is 3.27. The molecule has 15 heavy (non-hydrogen) atoms. The molecular weight excluding hydrogens is 202 g/mol. The Balaban J connectivity index is 2.98. The number of hydrogen-bond acceptors (Lipinski definition) is 2. The molecule has 0 aliphatic rings. The van der Waals surface area contributed by atoms with E-state index < -0.39 is 11.6 Å². The zero-order chi connectivity index (χ0) is 11.4. The van der Waals surface area contributed by atoms with Gasteiger partial charge in [0.15, 0.2) is 0 Å². The number of methoxy groups -OCH3 is 1. The minimum atomic E-state index is -0.684. The Kier molecular flexibility index (Phi) is 3.77. The number of carbonyl (C=O) groups is 1. The maximum Gasteiger partial charge on any atom is 0.133 e. The molecule has 0 spiro atoms. The summed E-state index contributed by atoms with van der Waals surface area (Å²) in [5.74, 6) is -1.25. The fraction of sp³-hybridized carbons (Fsp3) is 0.364. The van der Waals surface area contributed by atoms with Crippen LogP contribution in [0.2, 0.25) is 0 Å². The van der Waals surface area contributed by atoms with Crippen LogP contribution in [0.5, 0.6) is 5.75 Å². The summed E-state index contributed by atoms with van der Waals surface area (Å²) in [7, 11) is 1.34. The highest BCUT2D eigenvalue weighted by atomic mass is 19.1. The fourth-order valence-corrected chi connectivity index (χ4v) is 1.31. The molecule has 0 saturated heterocycles. The van der Waals surface area contributed by atoms with E-state index in [4.69, 9.17) is 4.74 Å². The fourth-order valence-electron chi connectivity index (χ4n) is 1.31. The summed E-state index contributed by atoms with van der Waals surface area (Å²) in [5, 5.41) is 0. The van der Waals surface area contributed by atoms with Crippen molar-refractivity contribution in [3.05, 3.63) is 29.3 Å². The van der Waals surface area contributed by atoms with Crippen LogP contribution in [0, 0.1) is 11.6 Å². The van der Waals surface area contributed by atoms with E-state index >= 15 is 0 Å². The minimum Gasteiger partial charge on any atom is -0.496 e. The number of benzene rings is 1. The zero-order valence-electron chi connectivity index (χ0n) is 8.64. The molecule has 1 aromatic rings. The molecule has 1 rings (SSSR count). The van der Waals surface area contributed by atoms with Crippen molar-refractivity contribution in [1.29, 1.82) is 0 Å². The van der Waals surface area contributed by atoms with Crippen molar-refractivity contribution in [3.8, 4) is 5.75 Å². The lowest BCUT2D eigenvalue weighted by molar-refractivity contribution is -0.116. The third-order valence-electron chi connectivity index (χ3n) is 2.07. The Labute approximate surface area is 86.9 Å². The minimum absolute atomic E-state index is 0.0409. The van der Waals surface area contributed by atoms with Gasteiger partial charge in [-0.05, 0) is 13.3 Å². The van der Waals surface area contributed by atoms with Gasteiger partial charge in [0.05, 0.1) is 7.11 Å². The highest BCUT2D eigenvalue weighted by Crippen LogP contribution is 2.24. The molecule has 0 N–H and O–H groups in total. The molecule has 1 aromatic carbocycles. The van der Waals surface area contributed by atoms with Crippen molar-refractivity contribution in [1.82, 2.24) is 0 Å². The molecule has 0 aliphatic carbocycles.